The van der Waals surface area contributed by atoms with Crippen LogP contribution in [0.25, 0.3) is 0 Å². The van der Waals surface area contributed by atoms with Crippen LogP contribution in [0.15, 0.2) is 35.3 Å². The van der Waals surface area contributed by atoms with Crippen LogP contribution in [0.4, 0.5) is 4.79 Å². The minimum atomic E-state index is -0.546. The van der Waals surface area contributed by atoms with Gasteiger partial charge in [-0.15, -0.1) is 0 Å². The van der Waals surface area contributed by atoms with E-state index in [1.54, 1.807) is 14.2 Å². The molecule has 0 aliphatic heterocycles. The van der Waals surface area contributed by atoms with Crippen molar-refractivity contribution in [2.24, 2.45) is 10.4 Å². The van der Waals surface area contributed by atoms with Gasteiger partial charge in [-0.05, 0) is 51.0 Å². The molecular weight excluding hydrogens is 380 g/mol. The van der Waals surface area contributed by atoms with Gasteiger partial charge in [0.25, 0.3) is 0 Å². The van der Waals surface area contributed by atoms with Gasteiger partial charge in [-0.25, -0.2) is 4.79 Å². The largest absolute Gasteiger partial charge is 0.444 e. The topological polar surface area (TPSA) is 84.0 Å². The molecule has 1 aliphatic rings. The van der Waals surface area contributed by atoms with Crippen LogP contribution in [-0.4, -0.2) is 51.5 Å². The van der Waals surface area contributed by atoms with Crippen molar-refractivity contribution in [2.45, 2.75) is 58.1 Å². The van der Waals surface area contributed by atoms with Crippen molar-refractivity contribution in [1.82, 2.24) is 16.0 Å². The molecular formula is C23H38N4O3. The number of benzene rings is 1. The lowest BCUT2D eigenvalue weighted by Gasteiger charge is -2.42. The zero-order valence-electron chi connectivity index (χ0n) is 19.1. The second-order valence-corrected chi connectivity index (χ2v) is 9.01. The van der Waals surface area contributed by atoms with Crippen molar-refractivity contribution in [1.29, 1.82) is 0 Å². The molecule has 1 aromatic carbocycles. The fourth-order valence-corrected chi connectivity index (χ4v) is 3.59. The van der Waals surface area contributed by atoms with E-state index in [2.05, 4.69) is 20.9 Å². The van der Waals surface area contributed by atoms with Crippen LogP contribution in [0.2, 0.25) is 0 Å². The van der Waals surface area contributed by atoms with Crippen molar-refractivity contribution in [3.05, 3.63) is 35.9 Å². The molecule has 1 aliphatic carbocycles. The van der Waals surface area contributed by atoms with Gasteiger partial charge in [0.15, 0.2) is 5.96 Å². The van der Waals surface area contributed by atoms with Gasteiger partial charge >= 0.3 is 6.09 Å². The molecule has 1 atom stereocenters. The van der Waals surface area contributed by atoms with Crippen LogP contribution in [0, 0.1) is 5.41 Å². The molecule has 0 spiro atoms. The lowest BCUT2D eigenvalue weighted by Crippen LogP contribution is -2.48. The van der Waals surface area contributed by atoms with Gasteiger partial charge in [0.05, 0.1) is 6.04 Å². The van der Waals surface area contributed by atoms with Crippen molar-refractivity contribution < 1.29 is 14.3 Å². The molecule has 0 heterocycles. The molecule has 7 heteroatoms. The van der Waals surface area contributed by atoms with Gasteiger partial charge in [-0.3, -0.25) is 4.99 Å². The van der Waals surface area contributed by atoms with Crippen molar-refractivity contribution in [3.63, 3.8) is 0 Å². The van der Waals surface area contributed by atoms with E-state index in [1.165, 1.54) is 19.3 Å². The first kappa shape index (κ1) is 24.0. The number of rotatable bonds is 9. The Kier molecular flexibility index (Phi) is 8.96. The van der Waals surface area contributed by atoms with E-state index in [-0.39, 0.29) is 6.04 Å². The first-order valence-corrected chi connectivity index (χ1v) is 10.7. The summed E-state index contributed by atoms with van der Waals surface area (Å²) < 4.78 is 10.7. The van der Waals surface area contributed by atoms with E-state index in [1.807, 2.05) is 51.1 Å². The highest BCUT2D eigenvalue weighted by Crippen LogP contribution is 2.43. The number of carbonyl (C=O) groups excluding carboxylic acids is 1. The fraction of sp³-hybridized carbons (Fsp3) is 0.652. The van der Waals surface area contributed by atoms with Crippen molar-refractivity contribution in [3.8, 4) is 0 Å². The second kappa shape index (κ2) is 11.2. The minimum absolute atomic E-state index is 0.245. The number of aliphatic imine (C=N–C) groups is 1. The summed E-state index contributed by atoms with van der Waals surface area (Å²) in [5, 5.41) is 9.78. The fourth-order valence-electron chi connectivity index (χ4n) is 3.59. The average molecular weight is 419 g/mol. The number of alkyl carbamates (subject to hydrolysis) is 1. The molecule has 2 rings (SSSR count). The van der Waals surface area contributed by atoms with Crippen molar-refractivity contribution in [2.75, 3.05) is 33.9 Å². The van der Waals surface area contributed by atoms with Crippen LogP contribution in [-0.2, 0) is 9.47 Å². The summed E-state index contributed by atoms with van der Waals surface area (Å²) in [4.78, 5) is 16.7. The Morgan fingerprint density at radius 1 is 1.20 bits per heavy atom. The van der Waals surface area contributed by atoms with Gasteiger partial charge in [-0.1, -0.05) is 36.8 Å². The van der Waals surface area contributed by atoms with E-state index < -0.39 is 11.7 Å². The molecule has 0 saturated heterocycles. The zero-order valence-corrected chi connectivity index (χ0v) is 19.1. The summed E-state index contributed by atoms with van der Waals surface area (Å²) in [7, 11) is 3.51. The van der Waals surface area contributed by atoms with Gasteiger partial charge in [0, 0.05) is 33.9 Å². The maximum Gasteiger partial charge on any atom is 0.408 e. The highest BCUT2D eigenvalue weighted by Gasteiger charge is 2.36. The van der Waals surface area contributed by atoms with Crippen LogP contribution >= 0.6 is 0 Å². The number of carbonyl (C=O) groups is 1. The van der Waals surface area contributed by atoms with Gasteiger partial charge in [-0.2, -0.15) is 0 Å². The molecule has 1 aromatic rings. The Bertz CT molecular complexity index is 681. The molecule has 0 bridgehead atoms. The van der Waals surface area contributed by atoms with E-state index in [0.29, 0.717) is 12.0 Å². The highest BCUT2D eigenvalue weighted by molar-refractivity contribution is 5.79. The number of hydrogen-bond donors (Lipinski definition) is 3. The molecule has 1 unspecified atom stereocenters. The monoisotopic (exact) mass is 418 g/mol. The van der Waals surface area contributed by atoms with E-state index >= 15 is 0 Å². The van der Waals surface area contributed by atoms with Crippen molar-refractivity contribution >= 4 is 12.1 Å². The highest BCUT2D eigenvalue weighted by atomic mass is 16.6. The Balaban J connectivity index is 1.94. The number of nitrogens with zero attached hydrogens (tertiary/aromatic N) is 1. The smallest absolute Gasteiger partial charge is 0.408 e. The second-order valence-electron chi connectivity index (χ2n) is 9.01. The normalized spacial score (nSPS) is 16.9. The lowest BCUT2D eigenvalue weighted by molar-refractivity contribution is 0.0504. The number of nitrogens with one attached hydrogen (secondary N) is 3. The number of guanidine groups is 1. The summed E-state index contributed by atoms with van der Waals surface area (Å²) >= 11 is 0. The summed E-state index contributed by atoms with van der Waals surface area (Å²) in [6.45, 7) is 7.71. The molecule has 7 nitrogen and oxygen atoms in total. The lowest BCUT2D eigenvalue weighted by atomic mass is 9.67. The molecule has 168 valence electrons. The van der Waals surface area contributed by atoms with Crippen LogP contribution < -0.4 is 16.0 Å². The van der Waals surface area contributed by atoms with Gasteiger partial charge < -0.3 is 25.4 Å². The first-order valence-electron chi connectivity index (χ1n) is 10.7. The minimum Gasteiger partial charge on any atom is -0.444 e. The predicted molar refractivity (Wildman–Crippen MR) is 121 cm³/mol. The quantitative estimate of drug-likeness (QED) is 0.421. The van der Waals surface area contributed by atoms with E-state index in [9.17, 15) is 4.79 Å². The Morgan fingerprint density at radius 3 is 2.43 bits per heavy atom. The number of hydrogen-bond acceptors (Lipinski definition) is 4. The van der Waals surface area contributed by atoms with Gasteiger partial charge in [0.2, 0.25) is 0 Å². The standard InChI is InChI=1S/C23H38N4O3/c1-22(2,3)30-21(28)27-19(18-10-7-6-8-11-18)16-25-20(24-4)26-17-23(12-9-13-23)14-15-29-5/h6-8,10-11,19H,9,12-17H2,1-5H3,(H,27,28)(H2,24,25,26). The average Bonchev–Trinajstić information content (AvgIpc) is 2.67. The summed E-state index contributed by atoms with van der Waals surface area (Å²) in [5.74, 6) is 0.727. The predicted octanol–water partition coefficient (Wildman–Crippen LogP) is 3.62. The SMILES string of the molecule is CN=C(NCC(NC(=O)OC(C)(C)C)c1ccccc1)NCC1(CCOC)CCC1. The first-order chi connectivity index (χ1) is 14.3. The number of methoxy groups -OCH3 is 1. The van der Waals surface area contributed by atoms with Crippen LogP contribution in [0.5, 0.6) is 0 Å². The Morgan fingerprint density at radius 2 is 1.90 bits per heavy atom. The van der Waals surface area contributed by atoms with Crippen LogP contribution in [0.1, 0.15) is 58.1 Å². The zero-order chi connectivity index (χ0) is 22.0. The summed E-state index contributed by atoms with van der Waals surface area (Å²) in [6, 6.07) is 9.62. The number of amides is 1. The van der Waals surface area contributed by atoms with Crippen LogP contribution in [0.3, 0.4) is 0 Å². The summed E-state index contributed by atoms with van der Waals surface area (Å²) in [5.41, 5.74) is 0.749. The molecule has 0 radical (unpaired) electrons. The maximum atomic E-state index is 12.3. The molecule has 1 fully saturated rings. The Labute approximate surface area is 181 Å². The molecule has 0 aromatic heterocycles. The number of ether oxygens (including phenoxy) is 2. The third-order valence-corrected chi connectivity index (χ3v) is 5.47. The molecule has 3 N–H and O–H groups in total. The summed E-state index contributed by atoms with van der Waals surface area (Å²) in [6.07, 6.45) is 4.32. The maximum absolute atomic E-state index is 12.3. The van der Waals surface area contributed by atoms with E-state index in [0.717, 1.165) is 31.1 Å². The third kappa shape index (κ3) is 7.86. The molecule has 1 amide bonds. The third-order valence-electron chi connectivity index (χ3n) is 5.47. The van der Waals surface area contributed by atoms with Gasteiger partial charge in [0.1, 0.15) is 5.60 Å². The molecule has 1 saturated carbocycles. The van der Waals surface area contributed by atoms with E-state index in [4.69, 9.17) is 9.47 Å². The Hall–Kier alpha value is -2.28. The molecule has 30 heavy (non-hydrogen) atoms.